The molecule has 19 heavy (non-hydrogen) atoms. The Morgan fingerprint density at radius 2 is 2.16 bits per heavy atom. The molecule has 0 spiro atoms. The van der Waals surface area contributed by atoms with Crippen LogP contribution in [0, 0.1) is 0 Å². The van der Waals surface area contributed by atoms with Crippen molar-refractivity contribution in [3.05, 3.63) is 11.9 Å². The number of hydrogen-bond donors (Lipinski definition) is 1. The highest BCUT2D eigenvalue weighted by molar-refractivity contribution is 8.00. The van der Waals surface area contributed by atoms with Gasteiger partial charge in [0.1, 0.15) is 0 Å². The molecule has 1 aromatic rings. The molecular formula is C10H14F3N3O2S. The number of hydrogen-bond acceptors (Lipinski definition) is 4. The quantitative estimate of drug-likeness (QED) is 0.746. The van der Waals surface area contributed by atoms with Crippen LogP contribution in [-0.4, -0.2) is 37.3 Å². The van der Waals surface area contributed by atoms with E-state index in [-0.39, 0.29) is 30.5 Å². The molecule has 0 aliphatic carbocycles. The van der Waals surface area contributed by atoms with Gasteiger partial charge in [-0.3, -0.25) is 9.48 Å². The van der Waals surface area contributed by atoms with Crippen LogP contribution in [0.3, 0.4) is 0 Å². The number of carboxylic acid groups (broad SMARTS) is 1. The lowest BCUT2D eigenvalue weighted by Crippen LogP contribution is -2.07. The third-order valence-corrected chi connectivity index (χ3v) is 2.96. The molecular weight excluding hydrogens is 283 g/mol. The van der Waals surface area contributed by atoms with Crippen LogP contribution in [0.5, 0.6) is 0 Å². The topological polar surface area (TPSA) is 68.0 Å². The summed E-state index contributed by atoms with van der Waals surface area (Å²) in [7, 11) is 0. The number of carbonyl (C=O) groups is 1. The van der Waals surface area contributed by atoms with E-state index in [0.29, 0.717) is 25.0 Å². The van der Waals surface area contributed by atoms with Crippen LogP contribution < -0.4 is 0 Å². The van der Waals surface area contributed by atoms with Crippen LogP contribution in [0.4, 0.5) is 13.2 Å². The molecule has 0 saturated heterocycles. The zero-order chi connectivity index (χ0) is 14.3. The number of unbranched alkanes of at least 4 members (excludes halogenated alkanes) is 1. The second kappa shape index (κ2) is 7.37. The van der Waals surface area contributed by atoms with Gasteiger partial charge in [0.25, 0.3) is 0 Å². The highest BCUT2D eigenvalue weighted by atomic mass is 32.2. The summed E-state index contributed by atoms with van der Waals surface area (Å²) in [5.74, 6) is -0.946. The summed E-state index contributed by atoms with van der Waals surface area (Å²) in [5, 5.41) is 16.0. The molecule has 0 saturated carbocycles. The largest absolute Gasteiger partial charge is 0.481 e. The summed E-state index contributed by atoms with van der Waals surface area (Å²) >= 11 is -0.0915. The minimum absolute atomic E-state index is 0.0915. The fourth-order valence-electron chi connectivity index (χ4n) is 1.40. The van der Waals surface area contributed by atoms with Crippen molar-refractivity contribution in [3.8, 4) is 0 Å². The first-order valence-corrected chi connectivity index (χ1v) is 6.67. The van der Waals surface area contributed by atoms with Crippen molar-refractivity contribution in [2.75, 3.05) is 5.75 Å². The predicted octanol–water partition coefficient (Wildman–Crippen LogP) is 2.33. The van der Waals surface area contributed by atoms with E-state index >= 15 is 0 Å². The highest BCUT2D eigenvalue weighted by Crippen LogP contribution is 2.29. The number of alkyl halides is 3. The van der Waals surface area contributed by atoms with E-state index < -0.39 is 11.5 Å². The third-order valence-electron chi connectivity index (χ3n) is 2.25. The van der Waals surface area contributed by atoms with E-state index in [2.05, 4.69) is 10.3 Å². The monoisotopic (exact) mass is 297 g/mol. The number of aryl methyl sites for hydroxylation is 2. The van der Waals surface area contributed by atoms with E-state index in [0.717, 1.165) is 0 Å². The number of nitrogens with zero attached hydrogens (tertiary/aromatic N) is 3. The molecule has 0 fully saturated rings. The van der Waals surface area contributed by atoms with Crippen molar-refractivity contribution in [1.29, 1.82) is 0 Å². The Morgan fingerprint density at radius 3 is 2.79 bits per heavy atom. The van der Waals surface area contributed by atoms with Crippen molar-refractivity contribution in [1.82, 2.24) is 15.0 Å². The zero-order valence-corrected chi connectivity index (χ0v) is 10.9. The first-order chi connectivity index (χ1) is 8.87. The molecule has 108 valence electrons. The van der Waals surface area contributed by atoms with E-state index in [1.54, 1.807) is 6.20 Å². The van der Waals surface area contributed by atoms with Crippen molar-refractivity contribution in [3.63, 3.8) is 0 Å². The van der Waals surface area contributed by atoms with Crippen LogP contribution in [0.1, 0.15) is 25.0 Å². The number of rotatable bonds is 8. The van der Waals surface area contributed by atoms with Gasteiger partial charge < -0.3 is 5.11 Å². The molecule has 0 atom stereocenters. The fraction of sp³-hybridized carbons (Fsp3) is 0.700. The number of halogens is 3. The first-order valence-electron chi connectivity index (χ1n) is 5.68. The van der Waals surface area contributed by atoms with Gasteiger partial charge in [0, 0.05) is 18.4 Å². The summed E-state index contributed by atoms with van der Waals surface area (Å²) in [4.78, 5) is 10.3. The predicted molar refractivity (Wildman–Crippen MR) is 63.7 cm³/mol. The van der Waals surface area contributed by atoms with Gasteiger partial charge in [0.05, 0.1) is 12.2 Å². The van der Waals surface area contributed by atoms with Gasteiger partial charge in [-0.2, -0.15) is 13.2 Å². The molecule has 0 bridgehead atoms. The zero-order valence-electron chi connectivity index (χ0n) is 10.1. The standard InChI is InChI=1S/C10H14F3N3O2S/c11-10(12,13)19-6-5-16-7-8(14-15-16)3-1-2-4-9(17)18/h7H,1-6H2,(H,17,18). The molecule has 1 heterocycles. The summed E-state index contributed by atoms with van der Waals surface area (Å²) in [6.45, 7) is 0.145. The molecule has 0 aromatic carbocycles. The molecule has 5 nitrogen and oxygen atoms in total. The van der Waals surface area contributed by atoms with Gasteiger partial charge in [0.2, 0.25) is 0 Å². The van der Waals surface area contributed by atoms with Crippen LogP contribution in [-0.2, 0) is 17.8 Å². The maximum atomic E-state index is 11.9. The summed E-state index contributed by atoms with van der Waals surface area (Å²) < 4.78 is 37.1. The summed E-state index contributed by atoms with van der Waals surface area (Å²) in [6.07, 6.45) is 3.50. The molecule has 0 aliphatic heterocycles. The third kappa shape index (κ3) is 7.70. The van der Waals surface area contributed by atoms with Gasteiger partial charge in [-0.25, -0.2) is 0 Å². The second-order valence-electron chi connectivity index (χ2n) is 3.87. The van der Waals surface area contributed by atoms with Crippen LogP contribution in [0.25, 0.3) is 0 Å². The van der Waals surface area contributed by atoms with Crippen LogP contribution in [0.15, 0.2) is 6.20 Å². The van der Waals surface area contributed by atoms with Crippen molar-refractivity contribution < 1.29 is 23.1 Å². The molecule has 1 rings (SSSR count). The Hall–Kier alpha value is -1.25. The molecule has 0 radical (unpaired) electrons. The number of thioether (sulfide) groups is 1. The normalized spacial score (nSPS) is 11.7. The summed E-state index contributed by atoms with van der Waals surface area (Å²) in [6, 6.07) is 0. The van der Waals surface area contributed by atoms with Gasteiger partial charge in [-0.05, 0) is 31.0 Å². The van der Waals surface area contributed by atoms with Crippen LogP contribution >= 0.6 is 11.8 Å². The van der Waals surface area contributed by atoms with E-state index in [4.69, 9.17) is 5.11 Å². The molecule has 0 aliphatic rings. The smallest absolute Gasteiger partial charge is 0.441 e. The Balaban J connectivity index is 2.22. The van der Waals surface area contributed by atoms with Crippen molar-refractivity contribution in [2.24, 2.45) is 0 Å². The Bertz CT molecular complexity index is 409. The minimum atomic E-state index is -4.22. The van der Waals surface area contributed by atoms with Crippen molar-refractivity contribution in [2.45, 2.75) is 37.7 Å². The number of aromatic nitrogens is 3. The number of aliphatic carboxylic acids is 1. The lowest BCUT2D eigenvalue weighted by Gasteiger charge is -2.04. The minimum Gasteiger partial charge on any atom is -0.481 e. The Labute approximate surface area is 112 Å². The second-order valence-corrected chi connectivity index (χ2v) is 5.03. The van der Waals surface area contributed by atoms with Gasteiger partial charge >= 0.3 is 11.5 Å². The van der Waals surface area contributed by atoms with Crippen molar-refractivity contribution >= 4 is 17.7 Å². The highest BCUT2D eigenvalue weighted by Gasteiger charge is 2.27. The lowest BCUT2D eigenvalue weighted by molar-refractivity contribution is -0.137. The number of carboxylic acids is 1. The lowest BCUT2D eigenvalue weighted by atomic mass is 10.1. The van der Waals surface area contributed by atoms with Crippen LogP contribution in [0.2, 0.25) is 0 Å². The molecule has 0 unspecified atom stereocenters. The SMILES string of the molecule is O=C(O)CCCCc1cn(CCSC(F)(F)F)nn1. The first kappa shape index (κ1) is 15.8. The van der Waals surface area contributed by atoms with Gasteiger partial charge in [-0.1, -0.05) is 5.21 Å². The summed E-state index contributed by atoms with van der Waals surface area (Å²) in [5.41, 5.74) is -3.55. The molecule has 1 aromatic heterocycles. The average Bonchev–Trinajstić information content (AvgIpc) is 2.70. The Kier molecular flexibility index (Phi) is 6.13. The fourth-order valence-corrected chi connectivity index (χ4v) is 1.91. The molecule has 9 heteroatoms. The van der Waals surface area contributed by atoms with E-state index in [9.17, 15) is 18.0 Å². The molecule has 0 amide bonds. The molecule has 1 N–H and O–H groups in total. The maximum absolute atomic E-state index is 11.9. The van der Waals surface area contributed by atoms with E-state index in [1.807, 2.05) is 0 Å². The Morgan fingerprint density at radius 1 is 1.42 bits per heavy atom. The van der Waals surface area contributed by atoms with Gasteiger partial charge in [0.15, 0.2) is 0 Å². The van der Waals surface area contributed by atoms with Gasteiger partial charge in [-0.15, -0.1) is 5.10 Å². The van der Waals surface area contributed by atoms with E-state index in [1.165, 1.54) is 4.68 Å². The average molecular weight is 297 g/mol. The maximum Gasteiger partial charge on any atom is 0.441 e.